The van der Waals surface area contributed by atoms with Crippen molar-refractivity contribution >= 4 is 5.97 Å². The summed E-state index contributed by atoms with van der Waals surface area (Å²) in [6, 6.07) is 0.632. The zero-order valence-corrected chi connectivity index (χ0v) is 11.2. The molecule has 1 unspecified atom stereocenters. The zero-order valence-electron chi connectivity index (χ0n) is 11.2. The van der Waals surface area contributed by atoms with Crippen LogP contribution < -0.4 is 0 Å². The molecule has 17 heavy (non-hydrogen) atoms. The van der Waals surface area contributed by atoms with Gasteiger partial charge in [0.1, 0.15) is 0 Å². The first-order valence-corrected chi connectivity index (χ1v) is 6.52. The van der Waals surface area contributed by atoms with Crippen LogP contribution in [0.15, 0.2) is 0 Å². The Morgan fingerprint density at radius 2 is 2.00 bits per heavy atom. The first-order chi connectivity index (χ1) is 8.06. The lowest BCUT2D eigenvalue weighted by Gasteiger charge is -2.37. The van der Waals surface area contributed by atoms with E-state index in [1.807, 2.05) is 0 Å². The molecule has 0 heterocycles. The molecular formula is C13H25NO3. The number of ether oxygens (including phenoxy) is 1. The third-order valence-electron chi connectivity index (χ3n) is 3.64. The maximum atomic E-state index is 11.0. The van der Waals surface area contributed by atoms with E-state index in [-0.39, 0.29) is 12.6 Å². The van der Waals surface area contributed by atoms with Gasteiger partial charge in [0.15, 0.2) is 0 Å². The van der Waals surface area contributed by atoms with Crippen LogP contribution in [0, 0.1) is 5.92 Å². The average molecular weight is 243 g/mol. The number of hydrogen-bond acceptors (Lipinski definition) is 3. The molecule has 4 heteroatoms. The molecule has 1 rings (SSSR count). The smallest absolute Gasteiger partial charge is 0.317 e. The highest BCUT2D eigenvalue weighted by molar-refractivity contribution is 5.69. The van der Waals surface area contributed by atoms with Crippen LogP contribution in [-0.4, -0.2) is 48.3 Å². The predicted molar refractivity (Wildman–Crippen MR) is 67.1 cm³/mol. The Balaban J connectivity index is 2.73. The Hall–Kier alpha value is -0.610. The molecule has 0 amide bonds. The summed E-state index contributed by atoms with van der Waals surface area (Å²) in [5.41, 5.74) is 0. The maximum Gasteiger partial charge on any atom is 0.317 e. The summed E-state index contributed by atoms with van der Waals surface area (Å²) < 4.78 is 5.25. The van der Waals surface area contributed by atoms with Crippen LogP contribution in [0.2, 0.25) is 0 Å². The molecule has 0 aromatic heterocycles. The second-order valence-corrected chi connectivity index (χ2v) is 5.27. The number of methoxy groups -OCH3 is 1. The van der Waals surface area contributed by atoms with Crippen molar-refractivity contribution in [1.29, 1.82) is 0 Å². The van der Waals surface area contributed by atoms with Gasteiger partial charge in [0.25, 0.3) is 0 Å². The predicted octanol–water partition coefficient (Wildman–Crippen LogP) is 1.99. The molecule has 0 radical (unpaired) electrons. The van der Waals surface area contributed by atoms with Crippen molar-refractivity contribution in [3.8, 4) is 0 Å². The minimum atomic E-state index is -0.737. The molecule has 0 spiro atoms. The van der Waals surface area contributed by atoms with Crippen molar-refractivity contribution in [3.63, 3.8) is 0 Å². The van der Waals surface area contributed by atoms with Gasteiger partial charge in [-0.2, -0.15) is 0 Å². The molecule has 0 bridgehead atoms. The standard InChI is InChI=1S/C13H25NO3/c1-10(2)12(9-17-3)14(8-13(15)16)11-6-4-5-7-11/h10-12H,4-9H2,1-3H3,(H,15,16). The molecule has 100 valence electrons. The fourth-order valence-corrected chi connectivity index (χ4v) is 2.75. The quantitative estimate of drug-likeness (QED) is 0.743. The van der Waals surface area contributed by atoms with Crippen LogP contribution in [0.3, 0.4) is 0 Å². The van der Waals surface area contributed by atoms with Crippen LogP contribution in [0.5, 0.6) is 0 Å². The third-order valence-corrected chi connectivity index (χ3v) is 3.64. The van der Waals surface area contributed by atoms with Crippen molar-refractivity contribution < 1.29 is 14.6 Å². The van der Waals surface area contributed by atoms with E-state index in [9.17, 15) is 4.79 Å². The van der Waals surface area contributed by atoms with Crippen molar-refractivity contribution in [3.05, 3.63) is 0 Å². The van der Waals surface area contributed by atoms with E-state index in [0.29, 0.717) is 18.6 Å². The Bertz CT molecular complexity index is 237. The third kappa shape index (κ3) is 4.28. The largest absolute Gasteiger partial charge is 0.480 e. The van der Waals surface area contributed by atoms with Crippen molar-refractivity contribution in [2.45, 2.75) is 51.6 Å². The van der Waals surface area contributed by atoms with Gasteiger partial charge in [0.05, 0.1) is 13.2 Å². The lowest BCUT2D eigenvalue weighted by atomic mass is 10.0. The summed E-state index contributed by atoms with van der Waals surface area (Å²) in [6.45, 7) is 5.01. The van der Waals surface area contributed by atoms with Gasteiger partial charge in [-0.25, -0.2) is 0 Å². The Labute approximate surface area is 104 Å². The molecule has 0 aliphatic heterocycles. The van der Waals surface area contributed by atoms with E-state index in [4.69, 9.17) is 9.84 Å². The van der Waals surface area contributed by atoms with Gasteiger partial charge in [-0.3, -0.25) is 9.69 Å². The summed E-state index contributed by atoms with van der Waals surface area (Å²) in [5.74, 6) is -0.325. The number of aliphatic carboxylic acids is 1. The normalized spacial score (nSPS) is 19.1. The number of carboxylic acids is 1. The second kappa shape index (κ2) is 6.97. The summed E-state index contributed by atoms with van der Waals surface area (Å²) in [4.78, 5) is 13.2. The molecule has 0 aromatic carbocycles. The zero-order chi connectivity index (χ0) is 12.8. The Morgan fingerprint density at radius 1 is 1.41 bits per heavy atom. The molecular weight excluding hydrogens is 218 g/mol. The van der Waals surface area contributed by atoms with E-state index in [1.165, 1.54) is 12.8 Å². The van der Waals surface area contributed by atoms with Gasteiger partial charge in [-0.15, -0.1) is 0 Å². The van der Waals surface area contributed by atoms with Crippen LogP contribution in [0.1, 0.15) is 39.5 Å². The van der Waals surface area contributed by atoms with Crippen LogP contribution in [0.4, 0.5) is 0 Å². The SMILES string of the molecule is COCC(C(C)C)N(CC(=O)O)C1CCCC1. The van der Waals surface area contributed by atoms with Crippen molar-refractivity contribution in [1.82, 2.24) is 4.90 Å². The highest BCUT2D eigenvalue weighted by Gasteiger charge is 2.31. The highest BCUT2D eigenvalue weighted by Crippen LogP contribution is 2.27. The molecule has 1 atom stereocenters. The molecule has 1 aliphatic rings. The average Bonchev–Trinajstić information content (AvgIpc) is 2.75. The lowest BCUT2D eigenvalue weighted by molar-refractivity contribution is -0.140. The second-order valence-electron chi connectivity index (χ2n) is 5.27. The Morgan fingerprint density at radius 3 is 2.41 bits per heavy atom. The van der Waals surface area contributed by atoms with E-state index < -0.39 is 5.97 Å². The van der Waals surface area contributed by atoms with Crippen molar-refractivity contribution in [2.75, 3.05) is 20.3 Å². The number of carboxylic acid groups (broad SMARTS) is 1. The molecule has 4 nitrogen and oxygen atoms in total. The number of carbonyl (C=O) groups is 1. The number of rotatable bonds is 7. The molecule has 1 saturated carbocycles. The maximum absolute atomic E-state index is 11.0. The fourth-order valence-electron chi connectivity index (χ4n) is 2.75. The van der Waals surface area contributed by atoms with Crippen LogP contribution >= 0.6 is 0 Å². The minimum Gasteiger partial charge on any atom is -0.480 e. The van der Waals surface area contributed by atoms with Crippen molar-refractivity contribution in [2.24, 2.45) is 5.92 Å². The van der Waals surface area contributed by atoms with E-state index in [2.05, 4.69) is 18.7 Å². The molecule has 0 aromatic rings. The van der Waals surface area contributed by atoms with Gasteiger partial charge in [-0.1, -0.05) is 26.7 Å². The van der Waals surface area contributed by atoms with E-state index in [1.54, 1.807) is 7.11 Å². The van der Waals surface area contributed by atoms with Gasteiger partial charge in [0, 0.05) is 19.2 Å². The first-order valence-electron chi connectivity index (χ1n) is 6.52. The molecule has 1 aliphatic carbocycles. The number of hydrogen-bond donors (Lipinski definition) is 1. The van der Waals surface area contributed by atoms with E-state index >= 15 is 0 Å². The monoisotopic (exact) mass is 243 g/mol. The van der Waals surface area contributed by atoms with Gasteiger partial charge >= 0.3 is 5.97 Å². The minimum absolute atomic E-state index is 0.136. The van der Waals surface area contributed by atoms with Gasteiger partial charge < -0.3 is 9.84 Å². The lowest BCUT2D eigenvalue weighted by Crippen LogP contribution is -2.49. The first kappa shape index (κ1) is 14.5. The summed E-state index contributed by atoms with van der Waals surface area (Å²) in [7, 11) is 1.68. The molecule has 0 saturated heterocycles. The highest BCUT2D eigenvalue weighted by atomic mass is 16.5. The van der Waals surface area contributed by atoms with Gasteiger partial charge in [-0.05, 0) is 18.8 Å². The van der Waals surface area contributed by atoms with Gasteiger partial charge in [0.2, 0.25) is 0 Å². The molecule has 1 N–H and O–H groups in total. The van der Waals surface area contributed by atoms with E-state index in [0.717, 1.165) is 12.8 Å². The summed E-state index contributed by atoms with van der Waals surface area (Å²) in [5, 5.41) is 9.06. The summed E-state index contributed by atoms with van der Waals surface area (Å²) >= 11 is 0. The molecule has 1 fully saturated rings. The summed E-state index contributed by atoms with van der Waals surface area (Å²) in [6.07, 6.45) is 4.69. The van der Waals surface area contributed by atoms with Crippen LogP contribution in [-0.2, 0) is 9.53 Å². The number of nitrogens with zero attached hydrogens (tertiary/aromatic N) is 1. The topological polar surface area (TPSA) is 49.8 Å². The Kier molecular flexibility index (Phi) is 5.92. The van der Waals surface area contributed by atoms with Crippen LogP contribution in [0.25, 0.3) is 0 Å². The fraction of sp³-hybridized carbons (Fsp3) is 0.923.